The number of benzene rings is 1. The van der Waals surface area contributed by atoms with Crippen LogP contribution in [-0.4, -0.2) is 41.0 Å². The van der Waals surface area contributed by atoms with Crippen molar-refractivity contribution in [3.8, 4) is 0 Å². The van der Waals surface area contributed by atoms with Gasteiger partial charge < -0.3 is 9.62 Å². The summed E-state index contributed by atoms with van der Waals surface area (Å²) >= 11 is 2.96. The van der Waals surface area contributed by atoms with E-state index in [4.69, 9.17) is 0 Å². The lowest BCUT2D eigenvalue weighted by Gasteiger charge is -2.37. The average Bonchev–Trinajstić information content (AvgIpc) is 3.21. The number of aromatic nitrogens is 2. The highest BCUT2D eigenvalue weighted by molar-refractivity contribution is 8.02. The van der Waals surface area contributed by atoms with Gasteiger partial charge >= 0.3 is 0 Å². The van der Waals surface area contributed by atoms with Crippen molar-refractivity contribution in [2.45, 2.75) is 50.5 Å². The number of hydrogen-bond donors (Lipinski definition) is 1. The Labute approximate surface area is 203 Å². The molecule has 9 heteroatoms. The molecule has 33 heavy (non-hydrogen) atoms. The number of pyridine rings is 1. The van der Waals surface area contributed by atoms with Crippen LogP contribution in [0.25, 0.3) is 0 Å². The van der Waals surface area contributed by atoms with Crippen molar-refractivity contribution in [3.05, 3.63) is 65.5 Å². The van der Waals surface area contributed by atoms with E-state index in [1.165, 1.54) is 24.1 Å². The molecule has 2 aromatic heterocycles. The third-order valence-electron chi connectivity index (χ3n) is 5.49. The van der Waals surface area contributed by atoms with Gasteiger partial charge in [0.25, 0.3) is 0 Å². The Morgan fingerprint density at radius 1 is 1.09 bits per heavy atom. The van der Waals surface area contributed by atoms with Crippen LogP contribution in [0.5, 0.6) is 0 Å². The van der Waals surface area contributed by atoms with Gasteiger partial charge in [-0.05, 0) is 38.0 Å². The summed E-state index contributed by atoms with van der Waals surface area (Å²) < 4.78 is 31.1. The molecule has 1 N–H and O–H groups in total. The molecule has 3 aromatic rings. The lowest BCUT2D eigenvalue weighted by atomic mass is 10.0. The second-order valence-electron chi connectivity index (χ2n) is 7.63. The van der Waals surface area contributed by atoms with Crippen molar-refractivity contribution >= 4 is 34.1 Å². The zero-order valence-corrected chi connectivity index (χ0v) is 21.1. The van der Waals surface area contributed by atoms with E-state index in [1.807, 2.05) is 32.9 Å². The van der Waals surface area contributed by atoms with Gasteiger partial charge in [0.05, 0.1) is 5.69 Å². The van der Waals surface area contributed by atoms with Gasteiger partial charge in [0, 0.05) is 50.2 Å². The number of halogens is 2. The van der Waals surface area contributed by atoms with Gasteiger partial charge in [-0.3, -0.25) is 4.90 Å². The summed E-state index contributed by atoms with van der Waals surface area (Å²) in [6.45, 7) is 8.55. The highest BCUT2D eigenvalue weighted by Crippen LogP contribution is 2.36. The summed E-state index contributed by atoms with van der Waals surface area (Å²) in [7, 11) is 2.12. The molecule has 0 atom stereocenters. The zero-order valence-electron chi connectivity index (χ0n) is 19.5. The number of hydrogen-bond acceptors (Lipinski definition) is 7. The molecule has 1 aromatic carbocycles. The van der Waals surface area contributed by atoms with E-state index in [-0.39, 0.29) is 5.82 Å². The molecule has 0 spiro atoms. The Bertz CT molecular complexity index is 1020. The summed E-state index contributed by atoms with van der Waals surface area (Å²) in [5, 5.41) is 1.14. The number of thiazole rings is 1. The van der Waals surface area contributed by atoms with Crippen molar-refractivity contribution in [1.82, 2.24) is 14.9 Å². The van der Waals surface area contributed by atoms with Crippen LogP contribution in [-0.2, 0) is 6.54 Å². The number of anilines is 2. The summed E-state index contributed by atoms with van der Waals surface area (Å²) in [4.78, 5) is 13.1. The summed E-state index contributed by atoms with van der Waals surface area (Å²) in [6.07, 6.45) is 2.05. The van der Waals surface area contributed by atoms with E-state index in [9.17, 15) is 8.78 Å². The van der Waals surface area contributed by atoms with Crippen LogP contribution < -0.4 is 9.62 Å². The van der Waals surface area contributed by atoms with Crippen molar-refractivity contribution < 1.29 is 8.78 Å². The maximum Gasteiger partial charge on any atom is 0.214 e. The Kier molecular flexibility index (Phi) is 9.46. The lowest BCUT2D eigenvalue weighted by Crippen LogP contribution is -2.43. The van der Waals surface area contributed by atoms with Gasteiger partial charge in [-0.25, -0.2) is 14.4 Å². The van der Waals surface area contributed by atoms with Crippen LogP contribution >= 0.6 is 23.3 Å². The number of likely N-dealkylation sites (tertiary alicyclic amines) is 1. The summed E-state index contributed by atoms with van der Waals surface area (Å²) in [6, 6.07) is 12.1. The van der Waals surface area contributed by atoms with Crippen molar-refractivity contribution in [1.29, 1.82) is 0 Å². The minimum atomic E-state index is -0.511. The number of aryl methyl sites for hydroxylation is 1. The number of piperidine rings is 1. The Balaban J connectivity index is 0.00000149. The molecule has 1 saturated heterocycles. The molecule has 4 rings (SSSR count). The largest absolute Gasteiger partial charge is 0.362 e. The molecule has 0 bridgehead atoms. The smallest absolute Gasteiger partial charge is 0.214 e. The Morgan fingerprint density at radius 2 is 1.82 bits per heavy atom. The van der Waals surface area contributed by atoms with Crippen molar-refractivity contribution in [2.75, 3.05) is 29.8 Å². The third kappa shape index (κ3) is 6.88. The van der Waals surface area contributed by atoms with Gasteiger partial charge in [0.15, 0.2) is 4.34 Å². The summed E-state index contributed by atoms with van der Waals surface area (Å²) in [5.41, 5.74) is 1.74. The minimum absolute atomic E-state index is 0.130. The second kappa shape index (κ2) is 12.3. The molecule has 1 fully saturated rings. The first-order valence-corrected chi connectivity index (χ1v) is 12.8. The van der Waals surface area contributed by atoms with Gasteiger partial charge in [-0.2, -0.15) is 4.39 Å². The molecule has 0 amide bonds. The topological polar surface area (TPSA) is 44.3 Å². The molecule has 0 saturated carbocycles. The monoisotopic (exact) mass is 491 g/mol. The van der Waals surface area contributed by atoms with Crippen LogP contribution in [0.1, 0.15) is 37.9 Å². The van der Waals surface area contributed by atoms with E-state index < -0.39 is 5.95 Å². The van der Waals surface area contributed by atoms with Crippen molar-refractivity contribution in [3.63, 3.8) is 0 Å². The Hall–Kier alpha value is -2.23. The normalized spacial score (nSPS) is 14.5. The molecule has 0 unspecified atom stereocenters. The molecule has 5 nitrogen and oxygen atoms in total. The molecule has 178 valence electrons. The van der Waals surface area contributed by atoms with E-state index in [2.05, 4.69) is 31.5 Å². The number of nitrogens with one attached hydrogen (secondary N) is 1. The molecule has 0 radical (unpaired) electrons. The first kappa shape index (κ1) is 25.4. The third-order valence-corrected chi connectivity index (χ3v) is 7.61. The highest BCUT2D eigenvalue weighted by Gasteiger charge is 2.25. The fraction of sp³-hybridized carbons (Fsp3) is 0.417. The van der Waals surface area contributed by atoms with Gasteiger partial charge in [0.1, 0.15) is 16.6 Å². The van der Waals surface area contributed by atoms with Gasteiger partial charge in [0.2, 0.25) is 5.95 Å². The average molecular weight is 492 g/mol. The fourth-order valence-corrected chi connectivity index (χ4v) is 5.65. The van der Waals surface area contributed by atoms with E-state index in [0.717, 1.165) is 46.5 Å². The van der Waals surface area contributed by atoms with Crippen LogP contribution in [0.15, 0.2) is 46.8 Å². The molecule has 1 aliphatic heterocycles. The van der Waals surface area contributed by atoms with E-state index in [0.29, 0.717) is 18.4 Å². The van der Waals surface area contributed by atoms with Crippen LogP contribution in [0.4, 0.5) is 19.6 Å². The van der Waals surface area contributed by atoms with E-state index >= 15 is 0 Å². The van der Waals surface area contributed by atoms with Crippen LogP contribution in [0, 0.1) is 18.7 Å². The molecule has 1 aliphatic rings. The second-order valence-corrected chi connectivity index (χ2v) is 9.66. The zero-order chi connectivity index (χ0) is 23.8. The van der Waals surface area contributed by atoms with Crippen LogP contribution in [0.2, 0.25) is 0 Å². The first-order chi connectivity index (χ1) is 16.0. The van der Waals surface area contributed by atoms with Gasteiger partial charge in [-0.15, -0.1) is 0 Å². The first-order valence-electron chi connectivity index (χ1n) is 11.2. The highest BCUT2D eigenvalue weighted by atomic mass is 32.2. The molecular formula is C24H31F2N5S2. The predicted octanol–water partition coefficient (Wildman–Crippen LogP) is 6.37. The molecule has 0 aliphatic carbocycles. The minimum Gasteiger partial charge on any atom is -0.362 e. The van der Waals surface area contributed by atoms with Gasteiger partial charge in [-0.1, -0.05) is 49.4 Å². The fourth-order valence-electron chi connectivity index (χ4n) is 3.79. The van der Waals surface area contributed by atoms with E-state index in [1.54, 1.807) is 29.5 Å². The lowest BCUT2D eigenvalue weighted by molar-refractivity contribution is 0.201. The molecule has 3 heterocycles. The van der Waals surface area contributed by atoms with Crippen LogP contribution in [0.3, 0.4) is 0 Å². The van der Waals surface area contributed by atoms with Crippen molar-refractivity contribution in [2.24, 2.45) is 0 Å². The molecular weight excluding hydrogens is 460 g/mol. The number of nitrogens with zero attached hydrogens (tertiary/aromatic N) is 4. The Morgan fingerprint density at radius 3 is 2.52 bits per heavy atom. The maximum atomic E-state index is 13.9. The SMILES string of the molecule is CC.Cc1nc(SNc2cccc(F)n2)sc1N(C)C1CCN(Cc2ccccc2F)CC1. The number of rotatable bonds is 7. The quantitative estimate of drug-likeness (QED) is 0.306. The standard InChI is InChI=1S/C22H25F2N5S2.C2H6/c1-15-21(30-22(25-15)31-27-20-9-5-8-19(24)26-20)28(2)17-10-12-29(13-11-17)14-16-6-3-4-7-18(16)23;1-2/h3-9,17H,10-14H2,1-2H3,(H,26,27);1-2H3. The maximum absolute atomic E-state index is 13.9. The predicted molar refractivity (Wildman–Crippen MR) is 135 cm³/mol. The summed E-state index contributed by atoms with van der Waals surface area (Å²) in [5.74, 6) is -0.174.